The van der Waals surface area contributed by atoms with Gasteiger partial charge in [-0.1, -0.05) is 35.8 Å². The highest BCUT2D eigenvalue weighted by atomic mass is 35.5. The summed E-state index contributed by atoms with van der Waals surface area (Å²) < 4.78 is 11.2. The van der Waals surface area contributed by atoms with Crippen molar-refractivity contribution in [1.29, 1.82) is 0 Å². The Bertz CT molecular complexity index is 508. The second-order valence-electron chi connectivity index (χ2n) is 4.57. The lowest BCUT2D eigenvalue weighted by atomic mass is 10.1. The van der Waals surface area contributed by atoms with Crippen LogP contribution in [0.15, 0.2) is 23.4 Å². The van der Waals surface area contributed by atoms with Crippen molar-refractivity contribution in [3.05, 3.63) is 34.3 Å². The van der Waals surface area contributed by atoms with Crippen LogP contribution in [-0.2, 0) is 17.3 Å². The van der Waals surface area contributed by atoms with Crippen molar-refractivity contribution in [3.8, 4) is 0 Å². The Balaban J connectivity index is 2.51. The van der Waals surface area contributed by atoms with Crippen LogP contribution < -0.4 is 11.1 Å². The van der Waals surface area contributed by atoms with E-state index < -0.39 is 10.8 Å². The number of nitrogens with one attached hydrogen (secondary N) is 1. The normalized spacial score (nSPS) is 15.1. The van der Waals surface area contributed by atoms with E-state index in [9.17, 15) is 4.21 Å². The van der Waals surface area contributed by atoms with E-state index in [1.54, 1.807) is 18.4 Å². The number of halogens is 1. The summed E-state index contributed by atoms with van der Waals surface area (Å²) >= 11 is 6.14. The molecule has 7 heteroatoms. The third kappa shape index (κ3) is 5.11. The summed E-state index contributed by atoms with van der Waals surface area (Å²) in [5.41, 5.74) is 7.01. The van der Waals surface area contributed by atoms with Crippen LogP contribution in [-0.4, -0.2) is 33.3 Å². The first-order valence-electron chi connectivity index (χ1n) is 6.25. The van der Waals surface area contributed by atoms with Crippen LogP contribution in [0.1, 0.15) is 24.5 Å². The van der Waals surface area contributed by atoms with E-state index in [2.05, 4.69) is 10.5 Å². The number of benzene rings is 1. The van der Waals surface area contributed by atoms with Gasteiger partial charge in [-0.2, -0.15) is 0 Å². The maximum Gasteiger partial charge on any atom is 0.170 e. The lowest BCUT2D eigenvalue weighted by Gasteiger charge is -2.10. The number of hydrogen-bond acceptors (Lipinski definition) is 4. The van der Waals surface area contributed by atoms with E-state index in [1.807, 2.05) is 13.0 Å². The molecule has 0 aliphatic rings. The molecule has 20 heavy (non-hydrogen) atoms. The minimum Gasteiger partial charge on any atom is -0.409 e. The molecule has 0 radical (unpaired) electrons. The summed E-state index contributed by atoms with van der Waals surface area (Å²) in [4.78, 5) is 0. The first kappa shape index (κ1) is 16.9. The van der Waals surface area contributed by atoms with Gasteiger partial charge in [0.25, 0.3) is 0 Å². The molecule has 0 bridgehead atoms. The van der Waals surface area contributed by atoms with Gasteiger partial charge >= 0.3 is 0 Å². The molecule has 1 aromatic rings. The highest BCUT2D eigenvalue weighted by molar-refractivity contribution is 7.84. The molecule has 5 nitrogen and oxygen atoms in total. The molecule has 4 N–H and O–H groups in total. The number of oxime groups is 1. The Kier molecular flexibility index (Phi) is 6.98. The highest BCUT2D eigenvalue weighted by Gasteiger charge is 2.07. The average Bonchev–Trinajstić information content (AvgIpc) is 2.43. The Morgan fingerprint density at radius 3 is 2.85 bits per heavy atom. The molecule has 0 saturated heterocycles. The second kappa shape index (κ2) is 8.24. The van der Waals surface area contributed by atoms with E-state index in [-0.39, 0.29) is 11.1 Å². The molecule has 0 saturated carbocycles. The molecule has 1 rings (SSSR count). The summed E-state index contributed by atoms with van der Waals surface area (Å²) in [6.45, 7) is 3.37. The summed E-state index contributed by atoms with van der Waals surface area (Å²) in [5.74, 6) is 0.0330. The minimum atomic E-state index is -0.789. The largest absolute Gasteiger partial charge is 0.409 e. The average molecular weight is 318 g/mol. The molecule has 2 atom stereocenters. The number of hydrogen-bond donors (Lipinski definition) is 3. The summed E-state index contributed by atoms with van der Waals surface area (Å²) in [6.07, 6.45) is 2.57. The third-order valence-corrected chi connectivity index (χ3v) is 4.79. The van der Waals surface area contributed by atoms with E-state index >= 15 is 0 Å². The van der Waals surface area contributed by atoms with Gasteiger partial charge in [-0.25, -0.2) is 0 Å². The molecule has 0 heterocycles. The third-order valence-electron chi connectivity index (χ3n) is 3.07. The molecule has 112 valence electrons. The fourth-order valence-corrected chi connectivity index (χ4v) is 2.30. The fourth-order valence-electron chi connectivity index (χ4n) is 1.60. The zero-order valence-electron chi connectivity index (χ0n) is 11.6. The van der Waals surface area contributed by atoms with Gasteiger partial charge in [0.15, 0.2) is 5.84 Å². The van der Waals surface area contributed by atoms with Gasteiger partial charge in [0.05, 0.1) is 0 Å². The van der Waals surface area contributed by atoms with Gasteiger partial charge in [-0.05, 0) is 24.6 Å². The molecule has 0 aliphatic heterocycles. The van der Waals surface area contributed by atoms with Crippen LogP contribution in [0.4, 0.5) is 0 Å². The zero-order chi connectivity index (χ0) is 15.1. The quantitative estimate of drug-likeness (QED) is 0.235. The van der Waals surface area contributed by atoms with Crippen LogP contribution >= 0.6 is 11.6 Å². The molecular weight excluding hydrogens is 298 g/mol. The SMILES string of the molecule is CC(CCNCc1ccc(/C(N)=N/O)cc1Cl)S(C)=O. The van der Waals surface area contributed by atoms with Gasteiger partial charge in [0.1, 0.15) is 0 Å². The standard InChI is InChI=1S/C13H20ClN3O2S/c1-9(20(2)19)5-6-16-8-11-4-3-10(7-12(11)14)13(15)17-18/h3-4,7,9,16,18H,5-6,8H2,1-2H3,(H2,15,17). The van der Waals surface area contributed by atoms with Crippen molar-refractivity contribution in [2.45, 2.75) is 25.1 Å². The predicted molar refractivity (Wildman–Crippen MR) is 83.8 cm³/mol. The zero-order valence-corrected chi connectivity index (χ0v) is 13.2. The van der Waals surface area contributed by atoms with Gasteiger partial charge in [0, 0.05) is 39.4 Å². The van der Waals surface area contributed by atoms with E-state index in [4.69, 9.17) is 22.5 Å². The Labute approximate surface area is 126 Å². The Morgan fingerprint density at radius 2 is 2.30 bits per heavy atom. The fraction of sp³-hybridized carbons (Fsp3) is 0.462. The van der Waals surface area contributed by atoms with Crippen LogP contribution in [0.2, 0.25) is 5.02 Å². The van der Waals surface area contributed by atoms with Crippen LogP contribution in [0, 0.1) is 0 Å². The van der Waals surface area contributed by atoms with Crippen molar-refractivity contribution in [3.63, 3.8) is 0 Å². The van der Waals surface area contributed by atoms with Crippen molar-refractivity contribution in [2.24, 2.45) is 10.9 Å². The summed E-state index contributed by atoms with van der Waals surface area (Å²) in [6, 6.07) is 5.25. The second-order valence-corrected chi connectivity index (χ2v) is 6.78. The van der Waals surface area contributed by atoms with E-state index in [0.29, 0.717) is 17.1 Å². The number of rotatable bonds is 7. The smallest absolute Gasteiger partial charge is 0.170 e. The monoisotopic (exact) mass is 317 g/mol. The molecule has 0 aromatic heterocycles. The first-order chi connectivity index (χ1) is 9.45. The van der Waals surface area contributed by atoms with E-state index in [1.165, 1.54) is 0 Å². The van der Waals surface area contributed by atoms with Crippen molar-refractivity contribution in [1.82, 2.24) is 5.32 Å². The van der Waals surface area contributed by atoms with Gasteiger partial charge in [-0.15, -0.1) is 0 Å². The molecule has 2 unspecified atom stereocenters. The minimum absolute atomic E-state index is 0.0330. The molecule has 0 spiro atoms. The highest BCUT2D eigenvalue weighted by Crippen LogP contribution is 2.17. The predicted octanol–water partition coefficient (Wildman–Crippen LogP) is 1.68. The van der Waals surface area contributed by atoms with Crippen LogP contribution in [0.3, 0.4) is 0 Å². The molecule has 0 fully saturated rings. The van der Waals surface area contributed by atoms with E-state index in [0.717, 1.165) is 18.5 Å². The van der Waals surface area contributed by atoms with Crippen molar-refractivity contribution >= 4 is 28.2 Å². The van der Waals surface area contributed by atoms with Crippen LogP contribution in [0.5, 0.6) is 0 Å². The molecule has 0 amide bonds. The number of amidine groups is 1. The van der Waals surface area contributed by atoms with Crippen LogP contribution in [0.25, 0.3) is 0 Å². The number of nitrogens with two attached hydrogens (primary N) is 1. The Morgan fingerprint density at radius 1 is 1.60 bits per heavy atom. The maximum atomic E-state index is 11.2. The van der Waals surface area contributed by atoms with Gasteiger partial charge in [-0.3, -0.25) is 4.21 Å². The van der Waals surface area contributed by atoms with Crippen molar-refractivity contribution in [2.75, 3.05) is 12.8 Å². The number of nitrogens with zero attached hydrogens (tertiary/aromatic N) is 1. The molecule has 0 aliphatic carbocycles. The lowest BCUT2D eigenvalue weighted by Crippen LogP contribution is -2.21. The topological polar surface area (TPSA) is 87.7 Å². The first-order valence-corrected chi connectivity index (χ1v) is 8.25. The Hall–Kier alpha value is -1.11. The van der Waals surface area contributed by atoms with Crippen molar-refractivity contribution < 1.29 is 9.42 Å². The molecular formula is C13H20ClN3O2S. The lowest BCUT2D eigenvalue weighted by molar-refractivity contribution is 0.318. The summed E-state index contributed by atoms with van der Waals surface area (Å²) in [7, 11) is -0.789. The van der Waals surface area contributed by atoms with Gasteiger partial charge < -0.3 is 16.3 Å². The van der Waals surface area contributed by atoms with Gasteiger partial charge in [0.2, 0.25) is 0 Å². The summed E-state index contributed by atoms with van der Waals surface area (Å²) in [5, 5.41) is 15.5. The maximum absolute atomic E-state index is 11.2. The molecule has 1 aromatic carbocycles.